The van der Waals surface area contributed by atoms with Crippen LogP contribution >= 0.6 is 0 Å². The van der Waals surface area contributed by atoms with Crippen molar-refractivity contribution in [3.05, 3.63) is 23.3 Å². The van der Waals surface area contributed by atoms with Crippen LogP contribution in [0.25, 0.3) is 0 Å². The van der Waals surface area contributed by atoms with Crippen molar-refractivity contribution in [3.8, 4) is 0 Å². The number of hydrogen-bond acceptors (Lipinski definition) is 4. The lowest BCUT2D eigenvalue weighted by Crippen LogP contribution is -2.45. The Morgan fingerprint density at radius 3 is 1.05 bits per heavy atom. The molecule has 4 nitrogen and oxygen atoms in total. The molecule has 0 radical (unpaired) electrons. The lowest BCUT2D eigenvalue weighted by molar-refractivity contribution is 0.420. The van der Waals surface area contributed by atoms with Crippen LogP contribution in [-0.4, -0.2) is 34.3 Å². The highest BCUT2D eigenvalue weighted by molar-refractivity contribution is 6.61. The SMILES string of the molecule is CC(C)(C)c1cc(B(O)O)c(C(C)(C)C)cc1B(O)O. The van der Waals surface area contributed by atoms with Gasteiger partial charge in [-0.25, -0.2) is 0 Å². The first-order valence-electron chi connectivity index (χ1n) is 6.76. The Kier molecular flexibility index (Phi) is 4.76. The number of hydrogen-bond donors (Lipinski definition) is 4. The van der Waals surface area contributed by atoms with Crippen molar-refractivity contribution in [3.63, 3.8) is 0 Å². The summed E-state index contributed by atoms with van der Waals surface area (Å²) in [6.07, 6.45) is 0. The Labute approximate surface area is 121 Å². The minimum Gasteiger partial charge on any atom is -0.423 e. The summed E-state index contributed by atoms with van der Waals surface area (Å²) in [6.45, 7) is 11.7. The van der Waals surface area contributed by atoms with Gasteiger partial charge in [0.05, 0.1) is 0 Å². The molecule has 0 saturated carbocycles. The van der Waals surface area contributed by atoms with E-state index < -0.39 is 14.2 Å². The monoisotopic (exact) mass is 278 g/mol. The average molecular weight is 278 g/mol. The fraction of sp³-hybridized carbons (Fsp3) is 0.571. The first-order chi connectivity index (χ1) is 8.85. The summed E-state index contributed by atoms with van der Waals surface area (Å²) in [7, 11) is -3.18. The zero-order chi connectivity index (χ0) is 15.9. The zero-order valence-electron chi connectivity index (χ0n) is 13.1. The lowest BCUT2D eigenvalue weighted by Gasteiger charge is -2.29. The van der Waals surface area contributed by atoms with E-state index in [1.54, 1.807) is 12.1 Å². The van der Waals surface area contributed by atoms with Crippen LogP contribution in [0.2, 0.25) is 0 Å². The Morgan fingerprint density at radius 1 is 0.650 bits per heavy atom. The molecule has 0 heterocycles. The van der Waals surface area contributed by atoms with Crippen LogP contribution in [0, 0.1) is 0 Å². The fourth-order valence-electron chi connectivity index (χ4n) is 2.36. The molecule has 0 aliphatic carbocycles. The normalized spacial score (nSPS) is 12.5. The summed E-state index contributed by atoms with van der Waals surface area (Å²) in [5.41, 5.74) is 1.55. The van der Waals surface area contributed by atoms with Crippen molar-refractivity contribution in [2.45, 2.75) is 52.4 Å². The highest BCUT2D eigenvalue weighted by Gasteiger charge is 2.31. The van der Waals surface area contributed by atoms with Crippen molar-refractivity contribution in [1.82, 2.24) is 0 Å². The van der Waals surface area contributed by atoms with Gasteiger partial charge in [0.2, 0.25) is 0 Å². The van der Waals surface area contributed by atoms with Crippen LogP contribution in [0.5, 0.6) is 0 Å². The second-order valence-corrected chi connectivity index (χ2v) is 7.27. The van der Waals surface area contributed by atoms with Gasteiger partial charge in [0.25, 0.3) is 0 Å². The molecule has 20 heavy (non-hydrogen) atoms. The molecular formula is C14H24B2O4. The van der Waals surface area contributed by atoms with E-state index in [-0.39, 0.29) is 10.8 Å². The molecule has 0 saturated heterocycles. The Balaban J connectivity index is 3.70. The predicted octanol–water partition coefficient (Wildman–Crippen LogP) is -0.359. The Bertz CT molecular complexity index is 439. The van der Waals surface area contributed by atoms with E-state index in [0.29, 0.717) is 22.1 Å². The van der Waals surface area contributed by atoms with E-state index in [2.05, 4.69) is 0 Å². The molecule has 0 unspecified atom stereocenters. The molecule has 1 aromatic rings. The van der Waals surface area contributed by atoms with E-state index in [4.69, 9.17) is 0 Å². The molecule has 6 heteroatoms. The minimum atomic E-state index is -1.59. The molecule has 4 N–H and O–H groups in total. The summed E-state index contributed by atoms with van der Waals surface area (Å²) in [6, 6.07) is 3.33. The van der Waals surface area contributed by atoms with Crippen molar-refractivity contribution in [1.29, 1.82) is 0 Å². The van der Waals surface area contributed by atoms with E-state index in [0.717, 1.165) is 0 Å². The van der Waals surface area contributed by atoms with Gasteiger partial charge >= 0.3 is 14.2 Å². The van der Waals surface area contributed by atoms with E-state index >= 15 is 0 Å². The maximum Gasteiger partial charge on any atom is 0.488 e. The largest absolute Gasteiger partial charge is 0.488 e. The lowest BCUT2D eigenvalue weighted by atomic mass is 9.62. The summed E-state index contributed by atoms with van der Waals surface area (Å²) in [4.78, 5) is 0. The van der Waals surface area contributed by atoms with Gasteiger partial charge in [-0.2, -0.15) is 0 Å². The molecule has 0 fully saturated rings. The molecule has 0 bridgehead atoms. The van der Waals surface area contributed by atoms with Gasteiger partial charge in [0.15, 0.2) is 0 Å². The van der Waals surface area contributed by atoms with E-state index in [1.165, 1.54) is 0 Å². The van der Waals surface area contributed by atoms with Gasteiger partial charge in [-0.15, -0.1) is 0 Å². The summed E-state index contributed by atoms with van der Waals surface area (Å²) in [5, 5.41) is 38.5. The molecule has 0 aromatic heterocycles. The van der Waals surface area contributed by atoms with Crippen molar-refractivity contribution in [2.75, 3.05) is 0 Å². The molecule has 0 aliphatic heterocycles. The number of rotatable bonds is 2. The molecule has 0 atom stereocenters. The number of benzene rings is 1. The first kappa shape index (κ1) is 17.2. The van der Waals surface area contributed by atoms with Crippen LogP contribution in [0.15, 0.2) is 12.1 Å². The zero-order valence-corrected chi connectivity index (χ0v) is 13.1. The van der Waals surface area contributed by atoms with Crippen LogP contribution in [0.4, 0.5) is 0 Å². The summed E-state index contributed by atoms with van der Waals surface area (Å²) >= 11 is 0. The Hall–Kier alpha value is -0.810. The quantitative estimate of drug-likeness (QED) is 0.557. The molecule has 1 aromatic carbocycles. The van der Waals surface area contributed by atoms with Gasteiger partial charge in [0, 0.05) is 0 Å². The maximum absolute atomic E-state index is 9.62. The van der Waals surface area contributed by atoms with Crippen LogP contribution in [-0.2, 0) is 10.8 Å². The topological polar surface area (TPSA) is 80.9 Å². The molecule has 0 amide bonds. The molecule has 0 spiro atoms. The third kappa shape index (κ3) is 3.64. The van der Waals surface area contributed by atoms with Gasteiger partial charge in [0.1, 0.15) is 0 Å². The molecule has 0 aliphatic rings. The van der Waals surface area contributed by atoms with Crippen LogP contribution < -0.4 is 10.9 Å². The third-order valence-corrected chi connectivity index (χ3v) is 3.39. The second kappa shape index (κ2) is 5.53. The van der Waals surface area contributed by atoms with Crippen molar-refractivity contribution >= 4 is 25.2 Å². The van der Waals surface area contributed by atoms with E-state index in [1.807, 2.05) is 41.5 Å². The summed E-state index contributed by atoms with van der Waals surface area (Å²) in [5.74, 6) is 0. The molecular weight excluding hydrogens is 254 g/mol. The van der Waals surface area contributed by atoms with Crippen LogP contribution in [0.1, 0.15) is 52.7 Å². The summed E-state index contributed by atoms with van der Waals surface area (Å²) < 4.78 is 0. The van der Waals surface area contributed by atoms with Gasteiger partial charge < -0.3 is 20.1 Å². The Morgan fingerprint density at radius 2 is 0.900 bits per heavy atom. The van der Waals surface area contributed by atoms with Gasteiger partial charge in [-0.05, 0) is 32.9 Å². The molecule has 1 rings (SSSR count). The molecule has 110 valence electrons. The predicted molar refractivity (Wildman–Crippen MR) is 83.5 cm³/mol. The van der Waals surface area contributed by atoms with E-state index in [9.17, 15) is 20.1 Å². The highest BCUT2D eigenvalue weighted by Crippen LogP contribution is 2.25. The maximum atomic E-state index is 9.62. The van der Waals surface area contributed by atoms with Crippen molar-refractivity contribution in [2.24, 2.45) is 0 Å². The smallest absolute Gasteiger partial charge is 0.423 e. The van der Waals surface area contributed by atoms with Crippen LogP contribution in [0.3, 0.4) is 0 Å². The third-order valence-electron chi connectivity index (χ3n) is 3.39. The first-order valence-corrected chi connectivity index (χ1v) is 6.76. The highest BCUT2D eigenvalue weighted by atomic mass is 16.4. The fourth-order valence-corrected chi connectivity index (χ4v) is 2.36. The average Bonchev–Trinajstić information content (AvgIpc) is 2.24. The standard InChI is InChI=1S/C14H24B2O4/c1-13(2,3)9-7-12(16(19)20)10(14(4,5)6)8-11(9)15(17)18/h7-8,17-20H,1-6H3. The van der Waals surface area contributed by atoms with Gasteiger partial charge in [-0.1, -0.05) is 53.7 Å². The van der Waals surface area contributed by atoms with Gasteiger partial charge in [-0.3, -0.25) is 0 Å². The second-order valence-electron chi connectivity index (χ2n) is 7.27. The van der Waals surface area contributed by atoms with Crippen molar-refractivity contribution < 1.29 is 20.1 Å². The minimum absolute atomic E-state index is 0.334.